The van der Waals surface area contributed by atoms with Crippen molar-refractivity contribution in [2.24, 2.45) is 10.7 Å². The predicted octanol–water partition coefficient (Wildman–Crippen LogP) is 2.53. The first-order valence-corrected chi connectivity index (χ1v) is 10.1. The molecule has 2 heterocycles. The van der Waals surface area contributed by atoms with Gasteiger partial charge in [-0.05, 0) is 38.3 Å². The van der Waals surface area contributed by atoms with Crippen molar-refractivity contribution in [1.29, 1.82) is 0 Å². The SMILES string of the molecule is CC(C)(C)OC(=O)N1CCN(C(N)=NCCN2CCc3ccccc3C2)CC1.I. The number of hydrogen-bond donors (Lipinski definition) is 1. The number of carbonyl (C=O) groups excluding carboxylic acids is 1. The van der Waals surface area contributed by atoms with Gasteiger partial charge in [-0.15, -0.1) is 24.0 Å². The average Bonchev–Trinajstić information content (AvgIpc) is 2.66. The van der Waals surface area contributed by atoms with Gasteiger partial charge in [-0.3, -0.25) is 9.89 Å². The molecule has 1 amide bonds. The van der Waals surface area contributed by atoms with Gasteiger partial charge in [0.15, 0.2) is 5.96 Å². The van der Waals surface area contributed by atoms with E-state index >= 15 is 0 Å². The van der Waals surface area contributed by atoms with E-state index in [1.807, 2.05) is 25.7 Å². The van der Waals surface area contributed by atoms with Gasteiger partial charge in [-0.2, -0.15) is 0 Å². The van der Waals surface area contributed by atoms with Crippen LogP contribution in [0.3, 0.4) is 0 Å². The van der Waals surface area contributed by atoms with E-state index in [-0.39, 0.29) is 30.1 Å². The molecule has 0 unspecified atom stereocenters. The van der Waals surface area contributed by atoms with Gasteiger partial charge in [0.05, 0.1) is 6.54 Å². The molecule has 0 bridgehead atoms. The molecule has 7 nitrogen and oxygen atoms in total. The van der Waals surface area contributed by atoms with Crippen LogP contribution in [0.4, 0.5) is 4.79 Å². The minimum Gasteiger partial charge on any atom is -0.444 e. The van der Waals surface area contributed by atoms with E-state index in [2.05, 4.69) is 34.2 Å². The van der Waals surface area contributed by atoms with Crippen molar-refractivity contribution in [2.45, 2.75) is 39.3 Å². The van der Waals surface area contributed by atoms with Gasteiger partial charge in [-0.1, -0.05) is 24.3 Å². The van der Waals surface area contributed by atoms with Crippen LogP contribution in [-0.4, -0.2) is 78.2 Å². The summed E-state index contributed by atoms with van der Waals surface area (Å²) in [6.07, 6.45) is 0.843. The van der Waals surface area contributed by atoms with E-state index < -0.39 is 5.60 Å². The first kappa shape index (κ1) is 23.7. The van der Waals surface area contributed by atoms with Crippen LogP contribution >= 0.6 is 24.0 Å². The van der Waals surface area contributed by atoms with Gasteiger partial charge in [0.25, 0.3) is 0 Å². The summed E-state index contributed by atoms with van der Waals surface area (Å²) in [7, 11) is 0. The minimum absolute atomic E-state index is 0. The molecule has 0 aliphatic carbocycles. The Morgan fingerprint density at radius 1 is 1.07 bits per heavy atom. The first-order valence-electron chi connectivity index (χ1n) is 10.1. The fourth-order valence-corrected chi connectivity index (χ4v) is 3.60. The maximum atomic E-state index is 12.1. The molecule has 2 N–H and O–H groups in total. The van der Waals surface area contributed by atoms with Crippen molar-refractivity contribution >= 4 is 36.0 Å². The van der Waals surface area contributed by atoms with Crippen molar-refractivity contribution in [3.8, 4) is 0 Å². The molecular weight excluding hydrogens is 481 g/mol. The lowest BCUT2D eigenvalue weighted by Gasteiger charge is -2.36. The van der Waals surface area contributed by atoms with E-state index in [0.717, 1.165) is 26.1 Å². The predicted molar refractivity (Wildman–Crippen MR) is 127 cm³/mol. The molecule has 1 fully saturated rings. The zero-order chi connectivity index (χ0) is 20.1. The number of ether oxygens (including phenoxy) is 1. The number of hydrogen-bond acceptors (Lipinski definition) is 4. The minimum atomic E-state index is -0.469. The van der Waals surface area contributed by atoms with Gasteiger partial charge in [0.1, 0.15) is 5.60 Å². The molecular formula is C21H34IN5O2. The van der Waals surface area contributed by atoms with Crippen LogP contribution in [0.1, 0.15) is 31.9 Å². The highest BCUT2D eigenvalue weighted by Gasteiger charge is 2.26. The summed E-state index contributed by atoms with van der Waals surface area (Å²) in [5.41, 5.74) is 8.60. The summed E-state index contributed by atoms with van der Waals surface area (Å²) < 4.78 is 5.43. The Labute approximate surface area is 191 Å². The molecule has 29 heavy (non-hydrogen) atoms. The van der Waals surface area contributed by atoms with Crippen LogP contribution in [0, 0.1) is 0 Å². The maximum absolute atomic E-state index is 12.1. The monoisotopic (exact) mass is 515 g/mol. The Morgan fingerprint density at radius 2 is 1.69 bits per heavy atom. The van der Waals surface area contributed by atoms with Crippen molar-refractivity contribution in [1.82, 2.24) is 14.7 Å². The number of nitrogens with zero attached hydrogens (tertiary/aromatic N) is 4. The topological polar surface area (TPSA) is 74.4 Å². The molecule has 0 radical (unpaired) electrons. The number of aliphatic imine (C=N–C) groups is 1. The summed E-state index contributed by atoms with van der Waals surface area (Å²) in [6.45, 7) is 11.9. The normalized spacial score (nSPS) is 18.1. The summed E-state index contributed by atoms with van der Waals surface area (Å²) in [4.78, 5) is 22.9. The van der Waals surface area contributed by atoms with E-state index in [9.17, 15) is 4.79 Å². The van der Waals surface area contributed by atoms with E-state index in [1.54, 1.807) is 4.90 Å². The van der Waals surface area contributed by atoms with Crippen LogP contribution in [0.25, 0.3) is 0 Å². The zero-order valence-corrected chi connectivity index (χ0v) is 20.1. The molecule has 0 aromatic heterocycles. The molecule has 0 saturated carbocycles. The third-order valence-corrected chi connectivity index (χ3v) is 5.16. The molecule has 2 aliphatic rings. The Kier molecular flexibility index (Phi) is 8.57. The molecule has 162 valence electrons. The van der Waals surface area contributed by atoms with Crippen LogP contribution < -0.4 is 5.73 Å². The third kappa shape index (κ3) is 7.02. The Morgan fingerprint density at radius 3 is 2.34 bits per heavy atom. The van der Waals surface area contributed by atoms with Gasteiger partial charge >= 0.3 is 6.09 Å². The number of halogens is 1. The number of fused-ring (bicyclic) bond motifs is 1. The zero-order valence-electron chi connectivity index (χ0n) is 17.8. The number of carbonyl (C=O) groups is 1. The van der Waals surface area contributed by atoms with E-state index in [4.69, 9.17) is 10.5 Å². The molecule has 3 rings (SSSR count). The number of rotatable bonds is 3. The molecule has 0 atom stereocenters. The highest BCUT2D eigenvalue weighted by atomic mass is 127. The largest absolute Gasteiger partial charge is 0.444 e. The van der Waals surface area contributed by atoms with E-state index in [1.165, 1.54) is 11.1 Å². The van der Waals surface area contributed by atoms with E-state index in [0.29, 0.717) is 38.7 Å². The van der Waals surface area contributed by atoms with Crippen LogP contribution in [0.2, 0.25) is 0 Å². The van der Waals surface area contributed by atoms with Gasteiger partial charge < -0.3 is 20.3 Å². The molecule has 1 aromatic rings. The number of nitrogens with two attached hydrogens (primary N) is 1. The lowest BCUT2D eigenvalue weighted by Crippen LogP contribution is -2.53. The second kappa shape index (κ2) is 10.5. The fraction of sp³-hybridized carbons (Fsp3) is 0.619. The van der Waals surface area contributed by atoms with Crippen LogP contribution in [0.5, 0.6) is 0 Å². The quantitative estimate of drug-likeness (QED) is 0.381. The number of benzene rings is 1. The van der Waals surface area contributed by atoms with Crippen molar-refractivity contribution in [3.63, 3.8) is 0 Å². The smallest absolute Gasteiger partial charge is 0.410 e. The highest BCUT2D eigenvalue weighted by molar-refractivity contribution is 14.0. The lowest BCUT2D eigenvalue weighted by molar-refractivity contribution is 0.0186. The lowest BCUT2D eigenvalue weighted by atomic mass is 10.0. The first-order chi connectivity index (χ1) is 13.3. The summed E-state index contributed by atoms with van der Waals surface area (Å²) >= 11 is 0. The van der Waals surface area contributed by atoms with Crippen LogP contribution in [-0.2, 0) is 17.7 Å². The molecule has 8 heteroatoms. The second-order valence-corrected chi connectivity index (χ2v) is 8.49. The molecule has 2 aliphatic heterocycles. The second-order valence-electron chi connectivity index (χ2n) is 8.49. The van der Waals surface area contributed by atoms with Crippen molar-refractivity contribution in [3.05, 3.63) is 35.4 Å². The fourth-order valence-electron chi connectivity index (χ4n) is 3.60. The third-order valence-electron chi connectivity index (χ3n) is 5.16. The Balaban J connectivity index is 0.00000300. The summed E-state index contributed by atoms with van der Waals surface area (Å²) in [5.74, 6) is 0.571. The highest BCUT2D eigenvalue weighted by Crippen LogP contribution is 2.18. The average molecular weight is 515 g/mol. The van der Waals surface area contributed by atoms with Crippen molar-refractivity contribution < 1.29 is 9.53 Å². The molecule has 1 saturated heterocycles. The van der Waals surface area contributed by atoms with Crippen molar-refractivity contribution in [2.75, 3.05) is 45.8 Å². The Bertz CT molecular complexity index is 711. The Hall–Kier alpha value is -1.55. The number of amides is 1. The molecule has 0 spiro atoms. The van der Waals surface area contributed by atoms with Gasteiger partial charge in [0.2, 0.25) is 0 Å². The number of guanidine groups is 1. The summed E-state index contributed by atoms with van der Waals surface area (Å²) in [6, 6.07) is 8.65. The number of piperazine rings is 1. The molecule has 1 aromatic carbocycles. The summed E-state index contributed by atoms with van der Waals surface area (Å²) in [5, 5.41) is 0. The van der Waals surface area contributed by atoms with Crippen LogP contribution in [0.15, 0.2) is 29.3 Å². The van der Waals surface area contributed by atoms with Gasteiger partial charge in [-0.25, -0.2) is 4.79 Å². The standard InChI is InChI=1S/C21H33N5O2.HI/c1-21(2,3)28-20(27)26-14-12-25(13-15-26)19(22)23-9-11-24-10-8-17-6-4-5-7-18(17)16-24;/h4-7H,8-16H2,1-3H3,(H2,22,23);1H. The maximum Gasteiger partial charge on any atom is 0.410 e. The van der Waals surface area contributed by atoms with Gasteiger partial charge in [0, 0.05) is 45.8 Å².